The zero-order valence-electron chi connectivity index (χ0n) is 15.0. The third kappa shape index (κ3) is 4.61. The minimum absolute atomic E-state index is 0.0782. The van der Waals surface area contributed by atoms with E-state index in [1.807, 2.05) is 60.0 Å². The van der Waals surface area contributed by atoms with Crippen LogP contribution in [-0.4, -0.2) is 40.1 Å². The van der Waals surface area contributed by atoms with Crippen LogP contribution >= 0.6 is 23.4 Å². The van der Waals surface area contributed by atoms with Gasteiger partial charge in [-0.25, -0.2) is 0 Å². The first kappa shape index (κ1) is 19.3. The summed E-state index contributed by atoms with van der Waals surface area (Å²) in [6, 6.07) is 15.1. The average Bonchev–Trinajstić information content (AvgIpc) is 3.11. The predicted octanol–water partition coefficient (Wildman–Crippen LogP) is 3.82. The zero-order valence-corrected chi connectivity index (χ0v) is 16.5. The van der Waals surface area contributed by atoms with E-state index in [-0.39, 0.29) is 11.7 Å². The van der Waals surface area contributed by atoms with Gasteiger partial charge in [-0.3, -0.25) is 9.36 Å². The number of carbonyl (C=O) groups excluding carboxylic acids is 1. The number of ether oxygens (including phenoxy) is 1. The molecule has 27 heavy (non-hydrogen) atoms. The second kappa shape index (κ2) is 8.92. The zero-order chi connectivity index (χ0) is 19.2. The number of thioether (sulfide) groups is 1. The van der Waals surface area contributed by atoms with Crippen LogP contribution in [0.25, 0.3) is 17.1 Å². The van der Waals surface area contributed by atoms with Gasteiger partial charge in [0.1, 0.15) is 5.75 Å². The monoisotopic (exact) mass is 402 g/mol. The Hall–Kier alpha value is -2.51. The maximum absolute atomic E-state index is 11.6. The second-order valence-electron chi connectivity index (χ2n) is 5.54. The van der Waals surface area contributed by atoms with Crippen LogP contribution in [0.15, 0.2) is 53.7 Å². The van der Waals surface area contributed by atoms with Crippen LogP contribution in [0.2, 0.25) is 5.02 Å². The Bertz CT molecular complexity index is 928. The highest BCUT2D eigenvalue weighted by atomic mass is 35.5. The summed E-state index contributed by atoms with van der Waals surface area (Å²) >= 11 is 7.47. The molecule has 0 radical (unpaired) electrons. The molecule has 2 aromatic carbocycles. The SMILES string of the molecule is CCOc1ccc(-n2c(SCC(=O)NC)nnc2-c2cccc(Cl)c2)cc1. The van der Waals surface area contributed by atoms with Gasteiger partial charge in [-0.2, -0.15) is 0 Å². The predicted molar refractivity (Wildman–Crippen MR) is 108 cm³/mol. The van der Waals surface area contributed by atoms with E-state index < -0.39 is 0 Å². The minimum Gasteiger partial charge on any atom is -0.494 e. The first-order valence-corrected chi connectivity index (χ1v) is 9.76. The van der Waals surface area contributed by atoms with E-state index in [2.05, 4.69) is 15.5 Å². The molecule has 1 amide bonds. The minimum atomic E-state index is -0.0782. The molecular formula is C19H19ClN4O2S. The number of hydrogen-bond acceptors (Lipinski definition) is 5. The van der Waals surface area contributed by atoms with Crippen molar-refractivity contribution in [3.63, 3.8) is 0 Å². The van der Waals surface area contributed by atoms with Gasteiger partial charge in [-0.05, 0) is 43.3 Å². The Labute approximate surface area is 166 Å². The molecule has 0 fully saturated rings. The molecule has 0 spiro atoms. The van der Waals surface area contributed by atoms with Crippen LogP contribution in [0.1, 0.15) is 6.92 Å². The smallest absolute Gasteiger partial charge is 0.230 e. The van der Waals surface area contributed by atoms with Gasteiger partial charge in [0.15, 0.2) is 11.0 Å². The van der Waals surface area contributed by atoms with Crippen molar-refractivity contribution in [1.82, 2.24) is 20.1 Å². The standard InChI is InChI=1S/C19H19ClN4O2S/c1-3-26-16-9-7-15(8-10-16)24-18(13-5-4-6-14(20)11-13)22-23-19(24)27-12-17(25)21-2/h4-11H,3,12H2,1-2H3,(H,21,25). The summed E-state index contributed by atoms with van der Waals surface area (Å²) < 4.78 is 7.43. The van der Waals surface area contributed by atoms with E-state index in [4.69, 9.17) is 16.3 Å². The number of amides is 1. The summed E-state index contributed by atoms with van der Waals surface area (Å²) in [6.07, 6.45) is 0. The lowest BCUT2D eigenvalue weighted by atomic mass is 10.2. The third-order valence-electron chi connectivity index (χ3n) is 3.73. The Kier molecular flexibility index (Phi) is 6.36. The van der Waals surface area contributed by atoms with E-state index in [9.17, 15) is 4.79 Å². The Morgan fingerprint density at radius 2 is 2.00 bits per heavy atom. The highest BCUT2D eigenvalue weighted by molar-refractivity contribution is 7.99. The highest BCUT2D eigenvalue weighted by Crippen LogP contribution is 2.30. The summed E-state index contributed by atoms with van der Waals surface area (Å²) in [7, 11) is 1.61. The highest BCUT2D eigenvalue weighted by Gasteiger charge is 2.17. The number of hydrogen-bond donors (Lipinski definition) is 1. The average molecular weight is 403 g/mol. The van der Waals surface area contributed by atoms with Crippen LogP contribution in [0.4, 0.5) is 0 Å². The number of rotatable bonds is 7. The maximum atomic E-state index is 11.6. The lowest BCUT2D eigenvalue weighted by Crippen LogP contribution is -2.20. The molecule has 8 heteroatoms. The largest absolute Gasteiger partial charge is 0.494 e. The van der Waals surface area contributed by atoms with Gasteiger partial charge in [-0.1, -0.05) is 35.5 Å². The molecule has 6 nitrogen and oxygen atoms in total. The molecular weight excluding hydrogens is 384 g/mol. The summed E-state index contributed by atoms with van der Waals surface area (Å²) in [5, 5.41) is 12.5. The van der Waals surface area contributed by atoms with Gasteiger partial charge in [0.2, 0.25) is 5.91 Å². The first-order valence-electron chi connectivity index (χ1n) is 8.40. The molecule has 0 saturated heterocycles. The normalized spacial score (nSPS) is 10.6. The van der Waals surface area contributed by atoms with E-state index in [0.717, 1.165) is 17.0 Å². The summed E-state index contributed by atoms with van der Waals surface area (Å²) in [5.41, 5.74) is 1.72. The van der Waals surface area contributed by atoms with Crippen molar-refractivity contribution >= 4 is 29.3 Å². The summed E-state index contributed by atoms with van der Waals surface area (Å²) in [5.74, 6) is 1.62. The Balaban J connectivity index is 2.03. The fraction of sp³-hybridized carbons (Fsp3) is 0.211. The van der Waals surface area contributed by atoms with Gasteiger partial charge < -0.3 is 10.1 Å². The van der Waals surface area contributed by atoms with E-state index in [1.165, 1.54) is 11.8 Å². The van der Waals surface area contributed by atoms with Crippen molar-refractivity contribution in [1.29, 1.82) is 0 Å². The Morgan fingerprint density at radius 1 is 1.22 bits per heavy atom. The Morgan fingerprint density at radius 3 is 2.67 bits per heavy atom. The molecule has 3 rings (SSSR count). The third-order valence-corrected chi connectivity index (χ3v) is 4.90. The molecule has 0 saturated carbocycles. The molecule has 1 N–H and O–H groups in total. The van der Waals surface area contributed by atoms with E-state index in [0.29, 0.717) is 22.6 Å². The second-order valence-corrected chi connectivity index (χ2v) is 6.92. The first-order chi connectivity index (χ1) is 13.1. The number of halogens is 1. The molecule has 0 aliphatic carbocycles. The summed E-state index contributed by atoms with van der Waals surface area (Å²) in [6.45, 7) is 2.55. The van der Waals surface area contributed by atoms with Gasteiger partial charge in [0.25, 0.3) is 0 Å². The van der Waals surface area contributed by atoms with Crippen LogP contribution in [-0.2, 0) is 4.79 Å². The van der Waals surface area contributed by atoms with Crippen LogP contribution < -0.4 is 10.1 Å². The fourth-order valence-corrected chi connectivity index (χ4v) is 3.49. The number of aromatic nitrogens is 3. The van der Waals surface area contributed by atoms with Crippen LogP contribution in [0.3, 0.4) is 0 Å². The lowest BCUT2D eigenvalue weighted by Gasteiger charge is -2.11. The fourth-order valence-electron chi connectivity index (χ4n) is 2.47. The topological polar surface area (TPSA) is 69.0 Å². The number of benzene rings is 2. The van der Waals surface area contributed by atoms with Crippen LogP contribution in [0.5, 0.6) is 5.75 Å². The molecule has 0 unspecified atom stereocenters. The van der Waals surface area contributed by atoms with E-state index in [1.54, 1.807) is 7.05 Å². The number of carbonyl (C=O) groups is 1. The van der Waals surface area contributed by atoms with Crippen molar-refractivity contribution in [3.8, 4) is 22.8 Å². The molecule has 0 aliphatic rings. The van der Waals surface area contributed by atoms with Gasteiger partial charge >= 0.3 is 0 Å². The molecule has 0 aliphatic heterocycles. The molecule has 1 aromatic heterocycles. The van der Waals surface area contributed by atoms with Gasteiger partial charge in [0, 0.05) is 23.3 Å². The van der Waals surface area contributed by atoms with Crippen molar-refractivity contribution in [2.45, 2.75) is 12.1 Å². The summed E-state index contributed by atoms with van der Waals surface area (Å²) in [4.78, 5) is 11.6. The number of nitrogens with one attached hydrogen (secondary N) is 1. The molecule has 140 valence electrons. The quantitative estimate of drug-likeness (QED) is 0.608. The molecule has 3 aromatic rings. The van der Waals surface area contributed by atoms with Crippen molar-refractivity contribution in [2.24, 2.45) is 0 Å². The maximum Gasteiger partial charge on any atom is 0.230 e. The molecule has 0 bridgehead atoms. The number of nitrogens with zero attached hydrogens (tertiary/aromatic N) is 3. The van der Waals surface area contributed by atoms with Gasteiger partial charge in [-0.15, -0.1) is 10.2 Å². The molecule has 1 heterocycles. The van der Waals surface area contributed by atoms with Gasteiger partial charge in [0.05, 0.1) is 12.4 Å². The van der Waals surface area contributed by atoms with E-state index >= 15 is 0 Å². The molecule has 0 atom stereocenters. The van der Waals surface area contributed by atoms with Crippen LogP contribution in [0, 0.1) is 0 Å². The van der Waals surface area contributed by atoms with Crippen molar-refractivity contribution in [3.05, 3.63) is 53.6 Å². The van der Waals surface area contributed by atoms with Crippen molar-refractivity contribution in [2.75, 3.05) is 19.4 Å². The lowest BCUT2D eigenvalue weighted by molar-refractivity contribution is -0.118. The van der Waals surface area contributed by atoms with Crippen molar-refractivity contribution < 1.29 is 9.53 Å².